The van der Waals surface area contributed by atoms with Crippen molar-refractivity contribution in [3.8, 4) is 22.0 Å². The zero-order valence-corrected chi connectivity index (χ0v) is 21.1. The topological polar surface area (TPSA) is 73.7 Å². The molecule has 180 valence electrons. The van der Waals surface area contributed by atoms with Gasteiger partial charge in [0.25, 0.3) is 5.56 Å². The number of ether oxygens (including phenoxy) is 2. The standard InChI is InChI=1S/C26H24ClN3O4S/c1-26(2,3)34-25(32)29-14-20(15-29)33-19-10-8-18(9-11-19)30-13-12-21-22(24(30)31)35-23(28-21)16-4-6-17(27)7-5-16/h4-13,20H,14-15H2,1-3H3. The van der Waals surface area contributed by atoms with Gasteiger partial charge in [0.15, 0.2) is 0 Å². The molecule has 0 unspecified atom stereocenters. The molecule has 5 rings (SSSR count). The van der Waals surface area contributed by atoms with Gasteiger partial charge < -0.3 is 14.4 Å². The number of hydrogen-bond acceptors (Lipinski definition) is 6. The van der Waals surface area contributed by atoms with Gasteiger partial charge >= 0.3 is 6.09 Å². The summed E-state index contributed by atoms with van der Waals surface area (Å²) in [6.07, 6.45) is 1.32. The predicted octanol–water partition coefficient (Wildman–Crippen LogP) is 5.77. The third kappa shape index (κ3) is 5.04. The van der Waals surface area contributed by atoms with Crippen LogP contribution in [-0.2, 0) is 4.74 Å². The second kappa shape index (κ2) is 9.02. The number of nitrogens with zero attached hydrogens (tertiary/aromatic N) is 3. The molecule has 0 spiro atoms. The van der Waals surface area contributed by atoms with E-state index in [2.05, 4.69) is 4.98 Å². The van der Waals surface area contributed by atoms with Crippen LogP contribution in [0.3, 0.4) is 0 Å². The molecule has 0 N–H and O–H groups in total. The van der Waals surface area contributed by atoms with Crippen molar-refractivity contribution >= 4 is 39.2 Å². The number of aromatic nitrogens is 2. The van der Waals surface area contributed by atoms with Gasteiger partial charge in [-0.1, -0.05) is 23.7 Å². The van der Waals surface area contributed by atoms with Crippen LogP contribution in [0.4, 0.5) is 4.79 Å². The number of halogens is 1. The Hall–Kier alpha value is -3.36. The molecule has 0 aliphatic carbocycles. The molecule has 1 aliphatic heterocycles. The Morgan fingerprint density at radius 2 is 1.74 bits per heavy atom. The first-order chi connectivity index (χ1) is 16.7. The molecule has 0 radical (unpaired) electrons. The van der Waals surface area contributed by atoms with Crippen LogP contribution in [0.5, 0.6) is 5.75 Å². The summed E-state index contributed by atoms with van der Waals surface area (Å²) in [5, 5.41) is 1.43. The van der Waals surface area contributed by atoms with Gasteiger partial charge in [0.2, 0.25) is 0 Å². The highest BCUT2D eigenvalue weighted by atomic mass is 35.5. The van der Waals surface area contributed by atoms with Gasteiger partial charge in [0.1, 0.15) is 27.2 Å². The van der Waals surface area contributed by atoms with Crippen molar-refractivity contribution in [3.63, 3.8) is 0 Å². The molecular formula is C26H24ClN3O4S. The number of hydrogen-bond donors (Lipinski definition) is 0. The number of amides is 1. The first kappa shape index (κ1) is 23.4. The van der Waals surface area contributed by atoms with Gasteiger partial charge in [-0.05, 0) is 63.2 Å². The number of carbonyl (C=O) groups is 1. The highest BCUT2D eigenvalue weighted by Gasteiger charge is 2.35. The highest BCUT2D eigenvalue weighted by molar-refractivity contribution is 7.21. The van der Waals surface area contributed by atoms with E-state index in [9.17, 15) is 9.59 Å². The fourth-order valence-corrected chi connectivity index (χ4v) is 4.83. The van der Waals surface area contributed by atoms with Crippen molar-refractivity contribution in [2.24, 2.45) is 0 Å². The van der Waals surface area contributed by atoms with E-state index in [1.54, 1.807) is 15.7 Å². The Morgan fingerprint density at radius 1 is 1.06 bits per heavy atom. The van der Waals surface area contributed by atoms with E-state index in [-0.39, 0.29) is 17.8 Å². The van der Waals surface area contributed by atoms with Crippen LogP contribution in [0.2, 0.25) is 5.02 Å². The maximum absolute atomic E-state index is 13.2. The van der Waals surface area contributed by atoms with Crippen LogP contribution in [0, 0.1) is 0 Å². The first-order valence-electron chi connectivity index (χ1n) is 11.2. The van der Waals surface area contributed by atoms with E-state index >= 15 is 0 Å². The van der Waals surface area contributed by atoms with E-state index in [1.807, 2.05) is 75.4 Å². The summed E-state index contributed by atoms with van der Waals surface area (Å²) in [5.74, 6) is 0.680. The van der Waals surface area contributed by atoms with E-state index in [1.165, 1.54) is 11.3 Å². The normalized spacial score (nSPS) is 14.1. The van der Waals surface area contributed by atoms with E-state index in [0.717, 1.165) is 16.3 Å². The average Bonchev–Trinajstić information content (AvgIpc) is 3.21. The highest BCUT2D eigenvalue weighted by Crippen LogP contribution is 2.29. The molecule has 35 heavy (non-hydrogen) atoms. The number of benzene rings is 2. The molecule has 7 nitrogen and oxygen atoms in total. The molecule has 2 aromatic carbocycles. The molecule has 0 bridgehead atoms. The third-order valence-corrected chi connectivity index (χ3v) is 6.82. The van der Waals surface area contributed by atoms with Gasteiger partial charge in [-0.25, -0.2) is 9.78 Å². The number of likely N-dealkylation sites (tertiary alicyclic amines) is 1. The zero-order valence-electron chi connectivity index (χ0n) is 19.5. The lowest BCUT2D eigenvalue weighted by Crippen LogP contribution is -2.57. The van der Waals surface area contributed by atoms with Crippen molar-refractivity contribution in [1.29, 1.82) is 0 Å². The number of thiazole rings is 1. The summed E-state index contributed by atoms with van der Waals surface area (Å²) < 4.78 is 13.5. The quantitative estimate of drug-likeness (QED) is 0.349. The van der Waals surface area contributed by atoms with Gasteiger partial charge in [-0.15, -0.1) is 11.3 Å². The van der Waals surface area contributed by atoms with Gasteiger partial charge in [0.05, 0.1) is 18.6 Å². The minimum atomic E-state index is -0.517. The Morgan fingerprint density at radius 3 is 2.40 bits per heavy atom. The summed E-state index contributed by atoms with van der Waals surface area (Å²) in [7, 11) is 0. The minimum Gasteiger partial charge on any atom is -0.487 e. The Labute approximate surface area is 211 Å². The lowest BCUT2D eigenvalue weighted by molar-refractivity contribution is -0.0221. The van der Waals surface area contributed by atoms with Gasteiger partial charge in [-0.3, -0.25) is 9.36 Å². The molecular weight excluding hydrogens is 486 g/mol. The number of carbonyl (C=O) groups excluding carboxylic acids is 1. The van der Waals surface area contributed by atoms with Crippen LogP contribution in [-0.4, -0.2) is 45.3 Å². The summed E-state index contributed by atoms with van der Waals surface area (Å²) in [5.41, 5.74) is 1.68. The van der Waals surface area contributed by atoms with Gasteiger partial charge in [0, 0.05) is 22.5 Å². The Bertz CT molecular complexity index is 1430. The van der Waals surface area contributed by atoms with Crippen LogP contribution in [0.1, 0.15) is 20.8 Å². The Kier molecular flexibility index (Phi) is 6.02. The molecule has 1 fully saturated rings. The van der Waals surface area contributed by atoms with Crippen molar-refractivity contribution in [3.05, 3.63) is 76.2 Å². The van der Waals surface area contributed by atoms with Crippen LogP contribution in [0.25, 0.3) is 26.5 Å². The van der Waals surface area contributed by atoms with Crippen LogP contribution >= 0.6 is 22.9 Å². The molecule has 2 aromatic heterocycles. The number of pyridine rings is 1. The second-order valence-electron chi connectivity index (χ2n) is 9.35. The zero-order chi connectivity index (χ0) is 24.7. The molecule has 1 amide bonds. The monoisotopic (exact) mass is 509 g/mol. The van der Waals surface area contributed by atoms with E-state index in [0.29, 0.717) is 34.1 Å². The molecule has 3 heterocycles. The molecule has 0 saturated carbocycles. The minimum absolute atomic E-state index is 0.0871. The van der Waals surface area contributed by atoms with Crippen LogP contribution in [0.15, 0.2) is 65.6 Å². The maximum Gasteiger partial charge on any atom is 0.410 e. The van der Waals surface area contributed by atoms with E-state index in [4.69, 9.17) is 21.1 Å². The summed E-state index contributed by atoms with van der Waals surface area (Å²) >= 11 is 7.35. The first-order valence-corrected chi connectivity index (χ1v) is 12.4. The maximum atomic E-state index is 13.2. The fourth-order valence-electron chi connectivity index (χ4n) is 3.71. The third-order valence-electron chi connectivity index (χ3n) is 5.46. The molecule has 4 aromatic rings. The van der Waals surface area contributed by atoms with Gasteiger partial charge in [-0.2, -0.15) is 0 Å². The Balaban J connectivity index is 1.28. The van der Waals surface area contributed by atoms with E-state index < -0.39 is 5.60 Å². The summed E-state index contributed by atoms with van der Waals surface area (Å²) in [4.78, 5) is 31.5. The smallest absolute Gasteiger partial charge is 0.410 e. The summed E-state index contributed by atoms with van der Waals surface area (Å²) in [6, 6.07) is 16.6. The van der Waals surface area contributed by atoms with Crippen LogP contribution < -0.4 is 10.3 Å². The van der Waals surface area contributed by atoms with Crippen molar-refractivity contribution in [2.75, 3.05) is 13.1 Å². The largest absolute Gasteiger partial charge is 0.487 e. The molecule has 1 saturated heterocycles. The number of fused-ring (bicyclic) bond motifs is 1. The van der Waals surface area contributed by atoms with Crippen molar-refractivity contribution in [2.45, 2.75) is 32.5 Å². The lowest BCUT2D eigenvalue weighted by atomic mass is 10.1. The fraction of sp³-hybridized carbons (Fsp3) is 0.269. The molecule has 9 heteroatoms. The second-order valence-corrected chi connectivity index (χ2v) is 10.8. The summed E-state index contributed by atoms with van der Waals surface area (Å²) in [6.45, 7) is 6.49. The SMILES string of the molecule is CC(C)(C)OC(=O)N1CC(Oc2ccc(-n3ccc4nc(-c5ccc(Cl)cc5)sc4c3=O)cc2)C1. The molecule has 1 aliphatic rings. The number of rotatable bonds is 4. The average molecular weight is 510 g/mol. The lowest BCUT2D eigenvalue weighted by Gasteiger charge is -2.39. The molecule has 0 atom stereocenters. The van der Waals surface area contributed by atoms with Crippen molar-refractivity contribution < 1.29 is 14.3 Å². The predicted molar refractivity (Wildman–Crippen MR) is 138 cm³/mol. The van der Waals surface area contributed by atoms with Crippen molar-refractivity contribution in [1.82, 2.24) is 14.5 Å².